The predicted molar refractivity (Wildman–Crippen MR) is 114 cm³/mol. The summed E-state index contributed by atoms with van der Waals surface area (Å²) in [5, 5.41) is 0. The van der Waals surface area contributed by atoms with E-state index in [4.69, 9.17) is 13.7 Å². The van der Waals surface area contributed by atoms with Gasteiger partial charge in [0.25, 0.3) is 10.1 Å². The Morgan fingerprint density at radius 1 is 1.17 bits per heavy atom. The average Bonchev–Trinajstić information content (AvgIpc) is 3.55. The largest absolute Gasteiger partial charge is 0.462 e. The van der Waals surface area contributed by atoms with E-state index in [0.717, 1.165) is 44.1 Å². The Morgan fingerprint density at radius 3 is 2.37 bits per heavy atom. The zero-order valence-corrected chi connectivity index (χ0v) is 19.1. The van der Waals surface area contributed by atoms with Crippen molar-refractivity contribution < 1.29 is 26.9 Å². The lowest BCUT2D eigenvalue weighted by molar-refractivity contribution is -0.155. The maximum Gasteiger partial charge on any atom is 0.311 e. The SMILES string of the molecule is CCC(CC(C)(C)C(=O)OCC1CO1)c1ccc(S(=O)(=O)OC2CCCCC2)cc1. The molecule has 1 saturated heterocycles. The van der Waals surface area contributed by atoms with Crippen molar-refractivity contribution in [2.24, 2.45) is 5.41 Å². The van der Waals surface area contributed by atoms with Gasteiger partial charge in [-0.3, -0.25) is 8.98 Å². The summed E-state index contributed by atoms with van der Waals surface area (Å²) in [7, 11) is -3.75. The fourth-order valence-corrected chi connectivity index (χ4v) is 5.16. The topological polar surface area (TPSA) is 82.2 Å². The van der Waals surface area contributed by atoms with Crippen molar-refractivity contribution in [3.05, 3.63) is 29.8 Å². The van der Waals surface area contributed by atoms with Crippen molar-refractivity contribution in [2.75, 3.05) is 13.2 Å². The summed E-state index contributed by atoms with van der Waals surface area (Å²) < 4.78 is 41.2. The molecule has 0 spiro atoms. The summed E-state index contributed by atoms with van der Waals surface area (Å²) in [6, 6.07) is 6.91. The summed E-state index contributed by atoms with van der Waals surface area (Å²) >= 11 is 0. The molecule has 0 bridgehead atoms. The molecule has 3 rings (SSSR count). The van der Waals surface area contributed by atoms with E-state index in [-0.39, 0.29) is 29.0 Å². The first-order valence-electron chi connectivity index (χ1n) is 11.0. The van der Waals surface area contributed by atoms with Gasteiger partial charge < -0.3 is 9.47 Å². The molecule has 2 fully saturated rings. The normalized spacial score (nSPS) is 21.2. The molecular weight excluding hydrogens is 404 g/mol. The van der Waals surface area contributed by atoms with Crippen molar-refractivity contribution in [2.45, 2.75) is 88.7 Å². The van der Waals surface area contributed by atoms with Crippen molar-refractivity contribution >= 4 is 16.1 Å². The van der Waals surface area contributed by atoms with Crippen LogP contribution in [0.2, 0.25) is 0 Å². The summed E-state index contributed by atoms with van der Waals surface area (Å²) in [6.07, 6.45) is 6.08. The first kappa shape index (κ1) is 23.2. The standard InChI is InChI=1S/C23H34O6S/c1-4-17(14-23(2,3)22(24)28-16-20-15-27-20)18-10-12-21(13-11-18)30(25,26)29-19-8-6-5-7-9-19/h10-13,17,19-20H,4-9,14-16H2,1-3H3. The van der Waals surface area contributed by atoms with Gasteiger partial charge in [0.1, 0.15) is 12.7 Å². The quantitative estimate of drug-likeness (QED) is 0.302. The molecule has 2 aliphatic rings. The van der Waals surface area contributed by atoms with Crippen LogP contribution in [0, 0.1) is 5.41 Å². The van der Waals surface area contributed by atoms with Gasteiger partial charge in [0.15, 0.2) is 0 Å². The van der Waals surface area contributed by atoms with Crippen molar-refractivity contribution in [1.29, 1.82) is 0 Å². The number of hydrogen-bond donors (Lipinski definition) is 0. The molecular formula is C23H34O6S. The highest BCUT2D eigenvalue weighted by Gasteiger charge is 2.34. The van der Waals surface area contributed by atoms with E-state index in [1.54, 1.807) is 12.1 Å². The van der Waals surface area contributed by atoms with Crippen molar-refractivity contribution in [3.8, 4) is 0 Å². The lowest BCUT2D eigenvalue weighted by Gasteiger charge is -2.27. The third-order valence-corrected chi connectivity index (χ3v) is 7.43. The molecule has 2 atom stereocenters. The zero-order chi connectivity index (χ0) is 21.8. The second kappa shape index (κ2) is 9.79. The van der Waals surface area contributed by atoms with Crippen LogP contribution in [0.4, 0.5) is 0 Å². The highest BCUT2D eigenvalue weighted by molar-refractivity contribution is 7.86. The van der Waals surface area contributed by atoms with E-state index < -0.39 is 15.5 Å². The Labute approximate surface area is 180 Å². The highest BCUT2D eigenvalue weighted by Crippen LogP contribution is 2.35. The molecule has 0 amide bonds. The monoisotopic (exact) mass is 438 g/mol. The molecule has 6 nitrogen and oxygen atoms in total. The number of hydrogen-bond acceptors (Lipinski definition) is 6. The maximum atomic E-state index is 12.6. The van der Waals surface area contributed by atoms with E-state index in [0.29, 0.717) is 19.6 Å². The van der Waals surface area contributed by atoms with Crippen molar-refractivity contribution in [1.82, 2.24) is 0 Å². The third-order valence-electron chi connectivity index (χ3n) is 6.06. The number of carbonyl (C=O) groups excluding carboxylic acids is 1. The molecule has 1 saturated carbocycles. The summed E-state index contributed by atoms with van der Waals surface area (Å²) in [5.41, 5.74) is 0.380. The molecule has 1 aromatic rings. The first-order valence-corrected chi connectivity index (χ1v) is 12.4. The minimum Gasteiger partial charge on any atom is -0.462 e. The van der Waals surface area contributed by atoms with Gasteiger partial charge >= 0.3 is 5.97 Å². The Kier molecular flexibility index (Phi) is 7.58. The highest BCUT2D eigenvalue weighted by atomic mass is 32.2. The smallest absolute Gasteiger partial charge is 0.311 e. The van der Waals surface area contributed by atoms with Crippen LogP contribution in [0.5, 0.6) is 0 Å². The molecule has 1 aliphatic carbocycles. The zero-order valence-electron chi connectivity index (χ0n) is 18.3. The number of carbonyl (C=O) groups is 1. The Hall–Kier alpha value is -1.44. The summed E-state index contributed by atoms with van der Waals surface area (Å²) in [6.45, 7) is 6.82. The van der Waals surface area contributed by atoms with Crippen LogP contribution in [0.15, 0.2) is 29.2 Å². The minimum absolute atomic E-state index is 0.0528. The van der Waals surface area contributed by atoms with Crippen molar-refractivity contribution in [3.63, 3.8) is 0 Å². The molecule has 168 valence electrons. The van der Waals surface area contributed by atoms with Crippen LogP contribution in [0.3, 0.4) is 0 Å². The molecule has 1 heterocycles. The van der Waals surface area contributed by atoms with E-state index >= 15 is 0 Å². The Morgan fingerprint density at radius 2 is 1.80 bits per heavy atom. The first-order chi connectivity index (χ1) is 14.2. The molecule has 0 N–H and O–H groups in total. The third kappa shape index (κ3) is 6.28. The van der Waals surface area contributed by atoms with E-state index in [1.807, 2.05) is 26.0 Å². The van der Waals surface area contributed by atoms with Gasteiger partial charge in [-0.25, -0.2) is 0 Å². The van der Waals surface area contributed by atoms with E-state index in [1.165, 1.54) is 0 Å². The van der Waals surface area contributed by atoms with E-state index in [9.17, 15) is 13.2 Å². The van der Waals surface area contributed by atoms with Crippen LogP contribution in [0.25, 0.3) is 0 Å². The summed E-state index contributed by atoms with van der Waals surface area (Å²) in [5.74, 6) is -0.0997. The van der Waals surface area contributed by atoms with Crippen LogP contribution >= 0.6 is 0 Å². The van der Waals surface area contributed by atoms with Gasteiger partial charge in [-0.05, 0) is 63.1 Å². The van der Waals surface area contributed by atoms with Gasteiger partial charge in [0.2, 0.25) is 0 Å². The second-order valence-corrected chi connectivity index (χ2v) is 10.7. The number of rotatable bonds is 10. The molecule has 1 aromatic carbocycles. The van der Waals surface area contributed by atoms with Gasteiger partial charge in [0.05, 0.1) is 23.0 Å². The number of esters is 1. The van der Waals surface area contributed by atoms with Gasteiger partial charge in [-0.2, -0.15) is 8.42 Å². The second-order valence-electron chi connectivity index (χ2n) is 9.13. The summed E-state index contributed by atoms with van der Waals surface area (Å²) in [4.78, 5) is 12.7. The van der Waals surface area contributed by atoms with Crippen LogP contribution in [-0.2, 0) is 28.6 Å². The maximum absolute atomic E-state index is 12.6. The van der Waals surface area contributed by atoms with Gasteiger partial charge in [0, 0.05) is 0 Å². The lowest BCUT2D eigenvalue weighted by Crippen LogP contribution is -2.29. The fraction of sp³-hybridized carbons (Fsp3) is 0.696. The molecule has 2 unspecified atom stereocenters. The molecule has 30 heavy (non-hydrogen) atoms. The number of epoxide rings is 1. The van der Waals surface area contributed by atoms with E-state index in [2.05, 4.69) is 6.92 Å². The van der Waals surface area contributed by atoms with Crippen LogP contribution in [0.1, 0.15) is 77.2 Å². The lowest BCUT2D eigenvalue weighted by atomic mass is 9.79. The Bertz CT molecular complexity index is 805. The fourth-order valence-electron chi connectivity index (χ4n) is 4.03. The molecule has 1 aliphatic heterocycles. The molecule has 7 heteroatoms. The van der Waals surface area contributed by atoms with Gasteiger partial charge in [-0.15, -0.1) is 0 Å². The molecule has 0 radical (unpaired) electrons. The van der Waals surface area contributed by atoms with Crippen LogP contribution < -0.4 is 0 Å². The van der Waals surface area contributed by atoms with Gasteiger partial charge in [-0.1, -0.05) is 38.3 Å². The molecule has 0 aromatic heterocycles. The predicted octanol–water partition coefficient (Wildman–Crippen LogP) is 4.58. The Balaban J connectivity index is 1.62. The van der Waals surface area contributed by atoms with Crippen LogP contribution in [-0.4, -0.2) is 39.8 Å². The number of ether oxygens (including phenoxy) is 2. The average molecular weight is 439 g/mol. The minimum atomic E-state index is -3.75. The number of benzene rings is 1.